The predicted molar refractivity (Wildman–Crippen MR) is 92.9 cm³/mol. The lowest BCUT2D eigenvalue weighted by molar-refractivity contribution is 0.302. The zero-order valence-corrected chi connectivity index (χ0v) is 13.4. The molecule has 1 N–H and O–H groups in total. The molecule has 0 radical (unpaired) electrons. The second-order valence-corrected chi connectivity index (χ2v) is 5.62. The summed E-state index contributed by atoms with van der Waals surface area (Å²) in [5.41, 5.74) is 4.39. The van der Waals surface area contributed by atoms with Crippen molar-refractivity contribution in [3.05, 3.63) is 71.6 Å². The SMILES string of the molecule is Clc1cc(OCc2[nH]nc3ccc(-c4ccccc4)nc23)ccn1. The van der Waals surface area contributed by atoms with E-state index in [-0.39, 0.29) is 0 Å². The summed E-state index contributed by atoms with van der Waals surface area (Å²) < 4.78 is 5.75. The Labute approximate surface area is 143 Å². The summed E-state index contributed by atoms with van der Waals surface area (Å²) in [5.74, 6) is 0.650. The Morgan fingerprint density at radius 3 is 2.75 bits per heavy atom. The van der Waals surface area contributed by atoms with Crippen molar-refractivity contribution in [1.82, 2.24) is 20.2 Å². The molecule has 0 unspecified atom stereocenters. The maximum Gasteiger partial charge on any atom is 0.132 e. The first-order valence-corrected chi connectivity index (χ1v) is 7.81. The average molecular weight is 337 g/mol. The highest BCUT2D eigenvalue weighted by Gasteiger charge is 2.10. The van der Waals surface area contributed by atoms with Crippen LogP contribution < -0.4 is 4.74 Å². The van der Waals surface area contributed by atoms with Gasteiger partial charge in [0, 0.05) is 17.8 Å². The number of pyridine rings is 2. The van der Waals surface area contributed by atoms with Crippen molar-refractivity contribution in [3.8, 4) is 17.0 Å². The van der Waals surface area contributed by atoms with Gasteiger partial charge in [0.2, 0.25) is 0 Å². The summed E-state index contributed by atoms with van der Waals surface area (Å²) >= 11 is 5.87. The van der Waals surface area contributed by atoms with E-state index in [1.165, 1.54) is 0 Å². The molecule has 0 aliphatic heterocycles. The van der Waals surface area contributed by atoms with E-state index >= 15 is 0 Å². The van der Waals surface area contributed by atoms with Crippen molar-refractivity contribution < 1.29 is 4.74 Å². The highest BCUT2D eigenvalue weighted by molar-refractivity contribution is 6.29. The van der Waals surface area contributed by atoms with Crippen LogP contribution in [0.5, 0.6) is 5.75 Å². The molecule has 0 saturated heterocycles. The molecule has 118 valence electrons. The third-order valence-electron chi connectivity index (χ3n) is 3.62. The van der Waals surface area contributed by atoms with E-state index < -0.39 is 0 Å². The van der Waals surface area contributed by atoms with Crippen LogP contribution in [0.15, 0.2) is 60.8 Å². The van der Waals surface area contributed by atoms with E-state index in [9.17, 15) is 0 Å². The summed E-state index contributed by atoms with van der Waals surface area (Å²) in [6.45, 7) is 0.322. The van der Waals surface area contributed by atoms with Crippen LogP contribution in [-0.4, -0.2) is 20.2 Å². The number of aromatic nitrogens is 4. The van der Waals surface area contributed by atoms with Crippen molar-refractivity contribution >= 4 is 22.6 Å². The molecule has 3 heterocycles. The van der Waals surface area contributed by atoms with Gasteiger partial charge in [0.05, 0.1) is 11.4 Å². The Hall–Kier alpha value is -2.92. The second-order valence-electron chi connectivity index (χ2n) is 5.24. The van der Waals surface area contributed by atoms with Crippen molar-refractivity contribution in [2.75, 3.05) is 0 Å². The first kappa shape index (κ1) is 14.7. The minimum absolute atomic E-state index is 0.322. The fraction of sp³-hybridized carbons (Fsp3) is 0.0556. The molecule has 4 rings (SSSR count). The number of aromatic amines is 1. The van der Waals surface area contributed by atoms with Gasteiger partial charge in [-0.05, 0) is 18.2 Å². The van der Waals surface area contributed by atoms with Crippen LogP contribution in [0.1, 0.15) is 5.69 Å². The summed E-state index contributed by atoms with van der Waals surface area (Å²) in [4.78, 5) is 8.66. The van der Waals surface area contributed by atoms with Gasteiger partial charge in [0.15, 0.2) is 0 Å². The number of hydrogen-bond donors (Lipinski definition) is 1. The quantitative estimate of drug-likeness (QED) is 0.566. The largest absolute Gasteiger partial charge is 0.487 e. The van der Waals surface area contributed by atoms with E-state index in [4.69, 9.17) is 21.3 Å². The summed E-state index contributed by atoms with van der Waals surface area (Å²) in [5, 5.41) is 7.66. The Morgan fingerprint density at radius 1 is 1.04 bits per heavy atom. The molecule has 0 fully saturated rings. The number of ether oxygens (including phenoxy) is 1. The highest BCUT2D eigenvalue weighted by Crippen LogP contribution is 2.23. The van der Waals surface area contributed by atoms with Gasteiger partial charge in [0.25, 0.3) is 0 Å². The van der Waals surface area contributed by atoms with Gasteiger partial charge in [-0.2, -0.15) is 5.10 Å². The lowest BCUT2D eigenvalue weighted by Crippen LogP contribution is -1.97. The van der Waals surface area contributed by atoms with Gasteiger partial charge in [-0.1, -0.05) is 41.9 Å². The van der Waals surface area contributed by atoms with Gasteiger partial charge in [-0.15, -0.1) is 0 Å². The first-order valence-electron chi connectivity index (χ1n) is 7.43. The minimum atomic E-state index is 0.322. The third kappa shape index (κ3) is 2.94. The minimum Gasteiger partial charge on any atom is -0.487 e. The predicted octanol–water partition coefficient (Wildman–Crippen LogP) is 4.25. The molecular weight excluding hydrogens is 324 g/mol. The molecule has 0 spiro atoms. The maximum absolute atomic E-state index is 5.87. The number of fused-ring (bicyclic) bond motifs is 1. The normalized spacial score (nSPS) is 10.9. The van der Waals surface area contributed by atoms with E-state index in [2.05, 4.69) is 15.2 Å². The smallest absolute Gasteiger partial charge is 0.132 e. The van der Waals surface area contributed by atoms with Crippen molar-refractivity contribution in [2.45, 2.75) is 6.61 Å². The second kappa shape index (κ2) is 6.29. The van der Waals surface area contributed by atoms with Crippen LogP contribution in [0.25, 0.3) is 22.3 Å². The molecule has 0 aliphatic carbocycles. The summed E-state index contributed by atoms with van der Waals surface area (Å²) in [6, 6.07) is 17.4. The van der Waals surface area contributed by atoms with E-state index in [1.807, 2.05) is 42.5 Å². The number of benzene rings is 1. The number of hydrogen-bond acceptors (Lipinski definition) is 4. The van der Waals surface area contributed by atoms with E-state index in [0.717, 1.165) is 28.0 Å². The zero-order valence-electron chi connectivity index (χ0n) is 12.6. The number of nitrogens with one attached hydrogen (secondary N) is 1. The number of H-pyrrole nitrogens is 1. The van der Waals surface area contributed by atoms with Gasteiger partial charge in [-0.25, -0.2) is 9.97 Å². The standard InChI is InChI=1S/C18H13ClN4O/c19-17-10-13(8-9-20-17)24-11-16-18-15(22-23-16)7-6-14(21-18)12-4-2-1-3-5-12/h1-10H,11H2,(H,22,23). The van der Waals surface area contributed by atoms with Gasteiger partial charge >= 0.3 is 0 Å². The molecule has 0 bridgehead atoms. The van der Waals surface area contributed by atoms with Crippen LogP contribution >= 0.6 is 11.6 Å². The van der Waals surface area contributed by atoms with Gasteiger partial charge in [0.1, 0.15) is 28.5 Å². The molecule has 1 aromatic carbocycles. The van der Waals surface area contributed by atoms with Crippen LogP contribution in [0.2, 0.25) is 5.15 Å². The molecular formula is C18H13ClN4O. The monoisotopic (exact) mass is 336 g/mol. The van der Waals surface area contributed by atoms with Gasteiger partial charge in [-0.3, -0.25) is 5.10 Å². The molecule has 3 aromatic heterocycles. The number of nitrogens with zero attached hydrogens (tertiary/aromatic N) is 3. The third-order valence-corrected chi connectivity index (χ3v) is 3.83. The molecule has 0 aliphatic rings. The van der Waals surface area contributed by atoms with Crippen LogP contribution in [0, 0.1) is 0 Å². The van der Waals surface area contributed by atoms with Crippen molar-refractivity contribution in [3.63, 3.8) is 0 Å². The summed E-state index contributed by atoms with van der Waals surface area (Å²) in [6.07, 6.45) is 1.61. The highest BCUT2D eigenvalue weighted by atomic mass is 35.5. The zero-order chi connectivity index (χ0) is 16.4. The van der Waals surface area contributed by atoms with E-state index in [0.29, 0.717) is 17.5 Å². The first-order chi connectivity index (χ1) is 11.8. The van der Waals surface area contributed by atoms with E-state index in [1.54, 1.807) is 18.3 Å². The molecule has 5 nitrogen and oxygen atoms in total. The van der Waals surface area contributed by atoms with Crippen LogP contribution in [-0.2, 0) is 6.61 Å². The van der Waals surface area contributed by atoms with Crippen LogP contribution in [0.3, 0.4) is 0 Å². The molecule has 6 heteroatoms. The molecule has 24 heavy (non-hydrogen) atoms. The fourth-order valence-electron chi connectivity index (χ4n) is 2.45. The Balaban J connectivity index is 1.64. The lowest BCUT2D eigenvalue weighted by Gasteiger charge is -2.05. The Bertz CT molecular complexity index is 985. The molecule has 0 amide bonds. The molecule has 0 atom stereocenters. The topological polar surface area (TPSA) is 63.7 Å². The Morgan fingerprint density at radius 2 is 1.92 bits per heavy atom. The number of rotatable bonds is 4. The Kier molecular flexibility index (Phi) is 3.84. The lowest BCUT2D eigenvalue weighted by atomic mass is 10.1. The maximum atomic E-state index is 5.87. The van der Waals surface area contributed by atoms with Crippen molar-refractivity contribution in [2.24, 2.45) is 0 Å². The number of halogens is 1. The molecule has 0 saturated carbocycles. The van der Waals surface area contributed by atoms with Crippen molar-refractivity contribution in [1.29, 1.82) is 0 Å². The molecule has 4 aromatic rings. The fourth-order valence-corrected chi connectivity index (χ4v) is 2.61. The van der Waals surface area contributed by atoms with Gasteiger partial charge < -0.3 is 4.74 Å². The van der Waals surface area contributed by atoms with Crippen LogP contribution in [0.4, 0.5) is 0 Å². The summed E-state index contributed by atoms with van der Waals surface area (Å²) in [7, 11) is 0. The average Bonchev–Trinajstić information content (AvgIpc) is 3.03.